The topological polar surface area (TPSA) is 60.4 Å². The molecule has 0 N–H and O–H groups in total. The van der Waals surface area contributed by atoms with Crippen molar-refractivity contribution in [2.45, 2.75) is 11.3 Å². The zero-order valence-corrected chi connectivity index (χ0v) is 9.00. The summed E-state index contributed by atoms with van der Waals surface area (Å²) in [6.45, 7) is 0. The third-order valence-electron chi connectivity index (χ3n) is 2.49. The Bertz CT molecular complexity index is 516. The molecule has 0 amide bonds. The summed E-state index contributed by atoms with van der Waals surface area (Å²) >= 11 is 0. The van der Waals surface area contributed by atoms with Gasteiger partial charge in [-0.25, -0.2) is 13.2 Å². The number of carbonyl (C=O) groups excluding carboxylic acids is 1. The largest absolute Gasteiger partial charge is 0.465 e. The van der Waals surface area contributed by atoms with Crippen molar-refractivity contribution < 1.29 is 17.9 Å². The summed E-state index contributed by atoms with van der Waals surface area (Å²) in [4.78, 5) is 11.6. The van der Waals surface area contributed by atoms with Gasteiger partial charge >= 0.3 is 5.97 Å². The maximum atomic E-state index is 11.6. The molecule has 0 saturated heterocycles. The van der Waals surface area contributed by atoms with Crippen LogP contribution in [0.15, 0.2) is 23.1 Å². The summed E-state index contributed by atoms with van der Waals surface area (Å²) in [5.74, 6) is -0.403. The summed E-state index contributed by atoms with van der Waals surface area (Å²) < 4.78 is 27.7. The number of rotatable bonds is 1. The SMILES string of the molecule is COC(=O)c1cccc2c1CCS2(=O)=O. The highest BCUT2D eigenvalue weighted by atomic mass is 32.2. The minimum absolute atomic E-state index is 0.0797. The van der Waals surface area contributed by atoms with Gasteiger partial charge in [0.15, 0.2) is 9.84 Å². The van der Waals surface area contributed by atoms with Crippen LogP contribution >= 0.6 is 0 Å². The maximum absolute atomic E-state index is 11.6. The van der Waals surface area contributed by atoms with E-state index in [0.29, 0.717) is 17.5 Å². The molecule has 15 heavy (non-hydrogen) atoms. The summed E-state index contributed by atoms with van der Waals surface area (Å²) in [6, 6.07) is 4.68. The summed E-state index contributed by atoms with van der Waals surface area (Å²) in [5, 5.41) is 0. The van der Waals surface area contributed by atoms with Gasteiger partial charge in [-0.2, -0.15) is 0 Å². The van der Waals surface area contributed by atoms with Crippen molar-refractivity contribution in [2.75, 3.05) is 12.9 Å². The Morgan fingerprint density at radius 1 is 1.40 bits per heavy atom. The van der Waals surface area contributed by atoms with Crippen LogP contribution in [0.2, 0.25) is 0 Å². The minimum Gasteiger partial charge on any atom is -0.465 e. The number of hydrogen-bond acceptors (Lipinski definition) is 4. The molecule has 0 aliphatic carbocycles. The average molecular weight is 226 g/mol. The van der Waals surface area contributed by atoms with Gasteiger partial charge in [0.25, 0.3) is 0 Å². The highest BCUT2D eigenvalue weighted by molar-refractivity contribution is 7.91. The van der Waals surface area contributed by atoms with E-state index in [4.69, 9.17) is 0 Å². The van der Waals surface area contributed by atoms with E-state index in [1.807, 2.05) is 0 Å². The smallest absolute Gasteiger partial charge is 0.338 e. The molecule has 1 aliphatic heterocycles. The van der Waals surface area contributed by atoms with Crippen molar-refractivity contribution in [1.82, 2.24) is 0 Å². The molecule has 1 aromatic carbocycles. The van der Waals surface area contributed by atoms with Gasteiger partial charge in [-0.15, -0.1) is 0 Å². The molecule has 0 radical (unpaired) electrons. The summed E-state index contributed by atoms with van der Waals surface area (Å²) in [5.41, 5.74) is 0.945. The second-order valence-electron chi connectivity index (χ2n) is 3.34. The highest BCUT2D eigenvalue weighted by Crippen LogP contribution is 2.28. The van der Waals surface area contributed by atoms with E-state index < -0.39 is 15.8 Å². The van der Waals surface area contributed by atoms with Crippen LogP contribution in [0.1, 0.15) is 15.9 Å². The Balaban J connectivity index is 2.64. The van der Waals surface area contributed by atoms with Gasteiger partial charge in [0, 0.05) is 0 Å². The number of sulfone groups is 1. The first-order valence-electron chi connectivity index (χ1n) is 4.49. The lowest BCUT2D eigenvalue weighted by Crippen LogP contribution is -2.05. The molecule has 0 atom stereocenters. The van der Waals surface area contributed by atoms with Crippen LogP contribution in [0.25, 0.3) is 0 Å². The lowest BCUT2D eigenvalue weighted by molar-refractivity contribution is 0.0599. The number of fused-ring (bicyclic) bond motifs is 1. The molecule has 1 aliphatic rings. The van der Waals surface area contributed by atoms with Gasteiger partial charge in [0.2, 0.25) is 0 Å². The van der Waals surface area contributed by atoms with E-state index in [0.717, 1.165) is 0 Å². The van der Waals surface area contributed by atoms with Gasteiger partial charge in [0.1, 0.15) is 0 Å². The van der Waals surface area contributed by atoms with E-state index in [1.165, 1.54) is 13.2 Å². The first kappa shape index (κ1) is 10.2. The van der Waals surface area contributed by atoms with Crippen molar-refractivity contribution in [3.63, 3.8) is 0 Å². The first-order chi connectivity index (χ1) is 7.06. The van der Waals surface area contributed by atoms with Crippen molar-refractivity contribution >= 4 is 15.8 Å². The van der Waals surface area contributed by atoms with E-state index in [1.54, 1.807) is 12.1 Å². The molecule has 5 heteroatoms. The Hall–Kier alpha value is -1.36. The third-order valence-corrected chi connectivity index (χ3v) is 4.29. The van der Waals surface area contributed by atoms with Gasteiger partial charge in [0.05, 0.1) is 23.3 Å². The van der Waals surface area contributed by atoms with E-state index >= 15 is 0 Å². The molecule has 0 saturated carbocycles. The Morgan fingerprint density at radius 3 is 2.80 bits per heavy atom. The fourth-order valence-electron chi connectivity index (χ4n) is 1.76. The van der Waals surface area contributed by atoms with E-state index in [2.05, 4.69) is 4.74 Å². The normalized spacial score (nSPS) is 17.1. The van der Waals surface area contributed by atoms with Crippen molar-refractivity contribution in [1.29, 1.82) is 0 Å². The number of esters is 1. The monoisotopic (exact) mass is 226 g/mol. The fraction of sp³-hybridized carbons (Fsp3) is 0.300. The number of carbonyl (C=O) groups is 1. The van der Waals surface area contributed by atoms with Gasteiger partial charge < -0.3 is 4.74 Å². The van der Waals surface area contributed by atoms with Crippen LogP contribution in [0, 0.1) is 0 Å². The van der Waals surface area contributed by atoms with Crippen LogP contribution in [-0.4, -0.2) is 27.2 Å². The number of methoxy groups -OCH3 is 1. The number of hydrogen-bond donors (Lipinski definition) is 0. The number of benzene rings is 1. The fourth-order valence-corrected chi connectivity index (χ4v) is 3.33. The van der Waals surface area contributed by atoms with Gasteiger partial charge in [-0.3, -0.25) is 0 Å². The third kappa shape index (κ3) is 1.52. The lowest BCUT2D eigenvalue weighted by Gasteiger charge is -2.04. The zero-order valence-electron chi connectivity index (χ0n) is 8.19. The first-order valence-corrected chi connectivity index (χ1v) is 6.14. The molecule has 1 heterocycles. The zero-order chi connectivity index (χ0) is 11.1. The molecule has 0 bridgehead atoms. The van der Waals surface area contributed by atoms with Crippen molar-refractivity contribution in [2.24, 2.45) is 0 Å². The minimum atomic E-state index is -3.18. The second kappa shape index (κ2) is 3.34. The van der Waals surface area contributed by atoms with Crippen molar-refractivity contribution in [3.8, 4) is 0 Å². The van der Waals surface area contributed by atoms with Gasteiger partial charge in [-0.1, -0.05) is 6.07 Å². The molecule has 4 nitrogen and oxygen atoms in total. The van der Waals surface area contributed by atoms with Gasteiger partial charge in [-0.05, 0) is 24.1 Å². The molecule has 0 aromatic heterocycles. The average Bonchev–Trinajstić information content (AvgIpc) is 2.54. The number of ether oxygens (including phenoxy) is 1. The highest BCUT2D eigenvalue weighted by Gasteiger charge is 2.29. The van der Waals surface area contributed by atoms with Crippen LogP contribution in [0.4, 0.5) is 0 Å². The molecule has 80 valence electrons. The second-order valence-corrected chi connectivity index (χ2v) is 5.42. The molecular formula is C10H10O4S. The van der Waals surface area contributed by atoms with Crippen LogP contribution in [0.3, 0.4) is 0 Å². The molecule has 0 fully saturated rings. The molecule has 1 aromatic rings. The van der Waals surface area contributed by atoms with E-state index in [-0.39, 0.29) is 10.6 Å². The quantitative estimate of drug-likeness (QED) is 0.665. The summed E-state index contributed by atoms with van der Waals surface area (Å²) in [6.07, 6.45) is 0.392. The summed E-state index contributed by atoms with van der Waals surface area (Å²) in [7, 11) is -1.89. The Kier molecular flexibility index (Phi) is 2.26. The molecule has 0 spiro atoms. The molecular weight excluding hydrogens is 216 g/mol. The molecule has 0 unspecified atom stereocenters. The van der Waals surface area contributed by atoms with E-state index in [9.17, 15) is 13.2 Å². The van der Waals surface area contributed by atoms with Crippen molar-refractivity contribution in [3.05, 3.63) is 29.3 Å². The molecule has 2 rings (SSSR count). The lowest BCUT2D eigenvalue weighted by atomic mass is 10.1. The maximum Gasteiger partial charge on any atom is 0.338 e. The predicted octanol–water partition coefficient (Wildman–Crippen LogP) is 0.803. The van der Waals surface area contributed by atoms with Crippen LogP contribution in [0.5, 0.6) is 0 Å². The Morgan fingerprint density at radius 2 is 2.13 bits per heavy atom. The standard InChI is InChI=1S/C10H10O4S/c1-14-10(11)8-3-2-4-9-7(8)5-6-15(9,12)13/h2-4H,5-6H2,1H3. The Labute approximate surface area is 87.8 Å². The van der Waals surface area contributed by atoms with Crippen LogP contribution < -0.4 is 0 Å². The van der Waals surface area contributed by atoms with Crippen LogP contribution in [-0.2, 0) is 21.0 Å². The predicted molar refractivity (Wildman–Crippen MR) is 53.5 cm³/mol.